The molecule has 0 heterocycles. The summed E-state index contributed by atoms with van der Waals surface area (Å²) in [4.78, 5) is 0.0364. The van der Waals surface area contributed by atoms with Crippen molar-refractivity contribution in [2.24, 2.45) is 21.9 Å². The molecule has 0 unspecified atom stereocenters. The van der Waals surface area contributed by atoms with Gasteiger partial charge in [-0.1, -0.05) is 27.7 Å². The maximum Gasteiger partial charge on any atom is 0.238 e. The largest absolute Gasteiger partial charge is 0.399 e. The third-order valence-corrected chi connectivity index (χ3v) is 5.98. The fourth-order valence-electron chi connectivity index (χ4n) is 2.95. The van der Waals surface area contributed by atoms with Crippen molar-refractivity contribution in [1.29, 1.82) is 0 Å². The molecule has 0 aromatic heterocycles. The van der Waals surface area contributed by atoms with Crippen LogP contribution in [0.1, 0.15) is 27.7 Å². The average molecular weight is 297 g/mol. The molecule has 112 valence electrons. The van der Waals surface area contributed by atoms with Gasteiger partial charge in [0.15, 0.2) is 0 Å². The van der Waals surface area contributed by atoms with E-state index in [9.17, 15) is 8.42 Å². The van der Waals surface area contributed by atoms with Crippen LogP contribution >= 0.6 is 0 Å². The first-order chi connectivity index (χ1) is 8.96. The molecular weight excluding hydrogens is 274 g/mol. The number of hydrogen-bond donors (Lipinski definition) is 3. The van der Waals surface area contributed by atoms with Crippen LogP contribution in [0.25, 0.3) is 0 Å². The zero-order valence-corrected chi connectivity index (χ0v) is 13.2. The molecule has 1 aromatic rings. The van der Waals surface area contributed by atoms with Gasteiger partial charge in [0.05, 0.1) is 4.90 Å². The molecule has 20 heavy (non-hydrogen) atoms. The van der Waals surface area contributed by atoms with Crippen molar-refractivity contribution in [2.45, 2.75) is 32.6 Å². The lowest BCUT2D eigenvalue weighted by molar-refractivity contribution is 0.457. The molecule has 0 saturated heterocycles. The summed E-state index contributed by atoms with van der Waals surface area (Å²) in [6.07, 6.45) is 0. The van der Waals surface area contributed by atoms with E-state index < -0.39 is 10.0 Å². The van der Waals surface area contributed by atoms with E-state index in [1.165, 1.54) is 12.1 Å². The number of benzene rings is 1. The van der Waals surface area contributed by atoms with E-state index in [1.54, 1.807) is 6.07 Å². The highest BCUT2D eigenvalue weighted by Crippen LogP contribution is 2.68. The predicted octanol–water partition coefficient (Wildman–Crippen LogP) is 2.01. The summed E-state index contributed by atoms with van der Waals surface area (Å²) in [5.74, 6) is 0.536. The molecule has 1 saturated carbocycles. The molecule has 6 heteroatoms. The summed E-state index contributed by atoms with van der Waals surface area (Å²) in [6, 6.07) is 4.61. The van der Waals surface area contributed by atoms with Crippen molar-refractivity contribution in [3.63, 3.8) is 0 Å². The quantitative estimate of drug-likeness (QED) is 0.740. The van der Waals surface area contributed by atoms with E-state index in [1.807, 2.05) is 0 Å². The lowest BCUT2D eigenvalue weighted by atomic mass is 10.0. The molecular formula is C14H23N3O2S. The second-order valence-electron chi connectivity index (χ2n) is 6.71. The Bertz CT molecular complexity index is 622. The Morgan fingerprint density at radius 1 is 1.15 bits per heavy atom. The van der Waals surface area contributed by atoms with E-state index in [0.717, 1.165) is 6.54 Å². The van der Waals surface area contributed by atoms with Gasteiger partial charge in [-0.25, -0.2) is 13.6 Å². The van der Waals surface area contributed by atoms with E-state index in [-0.39, 0.29) is 15.7 Å². The summed E-state index contributed by atoms with van der Waals surface area (Å²) in [5.41, 5.74) is 7.36. The highest BCUT2D eigenvalue weighted by molar-refractivity contribution is 7.89. The Morgan fingerprint density at radius 3 is 2.15 bits per heavy atom. The Kier molecular flexibility index (Phi) is 3.30. The topological polar surface area (TPSA) is 98.2 Å². The third-order valence-electron chi connectivity index (χ3n) is 5.09. The molecule has 0 spiro atoms. The van der Waals surface area contributed by atoms with Crippen LogP contribution in [-0.4, -0.2) is 15.0 Å². The fourth-order valence-corrected chi connectivity index (χ4v) is 3.54. The van der Waals surface area contributed by atoms with Crippen molar-refractivity contribution in [1.82, 2.24) is 0 Å². The van der Waals surface area contributed by atoms with Gasteiger partial charge in [0.25, 0.3) is 0 Å². The number of primary sulfonamides is 1. The molecule has 0 aliphatic heterocycles. The molecule has 1 aliphatic rings. The normalized spacial score (nSPS) is 20.6. The molecule has 1 aromatic carbocycles. The van der Waals surface area contributed by atoms with Crippen LogP contribution in [0.5, 0.6) is 0 Å². The molecule has 1 aliphatic carbocycles. The van der Waals surface area contributed by atoms with Crippen molar-refractivity contribution < 1.29 is 8.42 Å². The summed E-state index contributed by atoms with van der Waals surface area (Å²) in [6.45, 7) is 9.76. The summed E-state index contributed by atoms with van der Waals surface area (Å²) >= 11 is 0. The Balaban J connectivity index is 2.14. The maximum atomic E-state index is 11.4. The standard InChI is InChI=1S/C14H23N3O2S/c1-13(2)12(14(13,3)4)8-17-10-5-9(15)6-11(7-10)20(16,18)19/h5-7,12,17H,8,15H2,1-4H3,(H2,16,18,19). The van der Waals surface area contributed by atoms with Crippen LogP contribution < -0.4 is 16.2 Å². The van der Waals surface area contributed by atoms with Gasteiger partial charge in [0, 0.05) is 17.9 Å². The van der Waals surface area contributed by atoms with Crippen LogP contribution in [0.3, 0.4) is 0 Å². The van der Waals surface area contributed by atoms with Gasteiger partial charge in [-0.05, 0) is 34.9 Å². The number of hydrogen-bond acceptors (Lipinski definition) is 4. The monoisotopic (exact) mass is 297 g/mol. The lowest BCUT2D eigenvalue weighted by Crippen LogP contribution is -2.14. The van der Waals surface area contributed by atoms with Gasteiger partial charge in [-0.3, -0.25) is 0 Å². The molecule has 5 nitrogen and oxygen atoms in total. The number of anilines is 2. The van der Waals surface area contributed by atoms with E-state index >= 15 is 0 Å². The summed E-state index contributed by atoms with van der Waals surface area (Å²) in [7, 11) is -3.74. The maximum absolute atomic E-state index is 11.4. The van der Waals surface area contributed by atoms with Crippen LogP contribution in [0.2, 0.25) is 0 Å². The molecule has 1 fully saturated rings. The molecule has 0 bridgehead atoms. The smallest absolute Gasteiger partial charge is 0.238 e. The first kappa shape index (κ1) is 15.1. The second-order valence-corrected chi connectivity index (χ2v) is 8.27. The minimum atomic E-state index is -3.74. The predicted molar refractivity (Wildman–Crippen MR) is 81.8 cm³/mol. The van der Waals surface area contributed by atoms with Gasteiger partial charge in [-0.15, -0.1) is 0 Å². The first-order valence-electron chi connectivity index (χ1n) is 6.63. The molecule has 0 amide bonds. The second kappa shape index (κ2) is 4.36. The molecule has 5 N–H and O–H groups in total. The number of rotatable bonds is 4. The number of nitrogens with two attached hydrogens (primary N) is 2. The van der Waals surface area contributed by atoms with Crippen LogP contribution in [0.4, 0.5) is 11.4 Å². The zero-order chi connectivity index (χ0) is 15.3. The number of nitrogens with one attached hydrogen (secondary N) is 1. The Morgan fingerprint density at radius 2 is 1.70 bits per heavy atom. The minimum absolute atomic E-state index is 0.0364. The van der Waals surface area contributed by atoms with Gasteiger partial charge >= 0.3 is 0 Å². The minimum Gasteiger partial charge on any atom is -0.399 e. The number of sulfonamides is 1. The van der Waals surface area contributed by atoms with Crippen LogP contribution in [0, 0.1) is 16.7 Å². The van der Waals surface area contributed by atoms with E-state index in [0.29, 0.717) is 17.3 Å². The number of nitrogen functional groups attached to an aromatic ring is 1. The SMILES string of the molecule is CC1(C)C(CNc2cc(N)cc(S(N)(=O)=O)c2)C1(C)C. The van der Waals surface area contributed by atoms with Crippen molar-refractivity contribution in [3.8, 4) is 0 Å². The van der Waals surface area contributed by atoms with E-state index in [4.69, 9.17) is 10.9 Å². The summed E-state index contributed by atoms with van der Waals surface area (Å²) < 4.78 is 22.8. The first-order valence-corrected chi connectivity index (χ1v) is 8.18. The van der Waals surface area contributed by atoms with Gasteiger partial charge in [-0.2, -0.15) is 0 Å². The van der Waals surface area contributed by atoms with Crippen molar-refractivity contribution in [2.75, 3.05) is 17.6 Å². The van der Waals surface area contributed by atoms with Gasteiger partial charge in [0.1, 0.15) is 0 Å². The van der Waals surface area contributed by atoms with Gasteiger partial charge < -0.3 is 11.1 Å². The molecule has 0 atom stereocenters. The Hall–Kier alpha value is -1.27. The van der Waals surface area contributed by atoms with Gasteiger partial charge in [0.2, 0.25) is 10.0 Å². The highest BCUT2D eigenvalue weighted by atomic mass is 32.2. The van der Waals surface area contributed by atoms with Crippen LogP contribution in [-0.2, 0) is 10.0 Å². The third kappa shape index (κ3) is 2.50. The van der Waals surface area contributed by atoms with Crippen molar-refractivity contribution >= 4 is 21.4 Å². The average Bonchev–Trinajstić information content (AvgIpc) is 2.65. The highest BCUT2D eigenvalue weighted by Gasteiger charge is 2.63. The summed E-state index contributed by atoms with van der Waals surface area (Å²) in [5, 5.41) is 8.41. The molecule has 2 rings (SSSR count). The molecule has 0 radical (unpaired) electrons. The van der Waals surface area contributed by atoms with Crippen molar-refractivity contribution in [3.05, 3.63) is 18.2 Å². The van der Waals surface area contributed by atoms with E-state index in [2.05, 4.69) is 33.0 Å². The Labute approximate surface area is 120 Å². The lowest BCUT2D eigenvalue weighted by Gasteiger charge is -2.10. The van der Waals surface area contributed by atoms with Crippen LogP contribution in [0.15, 0.2) is 23.1 Å². The fraction of sp³-hybridized carbons (Fsp3) is 0.571. The zero-order valence-electron chi connectivity index (χ0n) is 12.4.